The molecule has 0 spiro atoms. The van der Waals surface area contributed by atoms with Crippen molar-refractivity contribution in [1.82, 2.24) is 0 Å². The van der Waals surface area contributed by atoms with Crippen molar-refractivity contribution in [2.45, 2.75) is 19.1 Å². The molecule has 0 rings (SSSR count). The van der Waals surface area contributed by atoms with E-state index in [0.29, 0.717) is 6.42 Å². The standard InChI is InChI=1S/C6H14O3.C2HN9O2/c1-2-6(3-7,4-8)5-9;3-9-6-2(1(12)13,7-10-4)8-11-5/h7-9H,2-5H2,1H3;(H,12,13). The number of carbonyl (C=O) groups is 1. The van der Waals surface area contributed by atoms with Gasteiger partial charge in [-0.25, -0.2) is 0 Å². The second-order valence-corrected chi connectivity index (χ2v) is 3.84. The Morgan fingerprint density at radius 3 is 1.36 bits per heavy atom. The van der Waals surface area contributed by atoms with E-state index in [2.05, 4.69) is 30.1 Å². The lowest BCUT2D eigenvalue weighted by Gasteiger charge is -2.24. The van der Waals surface area contributed by atoms with Gasteiger partial charge >= 0.3 is 5.97 Å². The first-order valence-corrected chi connectivity index (χ1v) is 5.62. The molecule has 0 fully saturated rings. The Kier molecular flexibility index (Phi) is 10.8. The van der Waals surface area contributed by atoms with Crippen LogP contribution in [-0.4, -0.2) is 52.0 Å². The van der Waals surface area contributed by atoms with Crippen molar-refractivity contribution in [3.05, 3.63) is 31.3 Å². The zero-order valence-electron chi connectivity index (χ0n) is 11.6. The van der Waals surface area contributed by atoms with Crippen LogP contribution >= 0.6 is 0 Å². The van der Waals surface area contributed by atoms with Crippen LogP contribution in [0.25, 0.3) is 31.3 Å². The molecule has 0 aromatic heterocycles. The van der Waals surface area contributed by atoms with Crippen LogP contribution in [-0.2, 0) is 4.79 Å². The van der Waals surface area contributed by atoms with Gasteiger partial charge in [0.15, 0.2) is 0 Å². The summed E-state index contributed by atoms with van der Waals surface area (Å²) in [5.41, 5.74) is 23.1. The second kappa shape index (κ2) is 11.0. The molecule has 22 heavy (non-hydrogen) atoms. The summed E-state index contributed by atoms with van der Waals surface area (Å²) in [6, 6.07) is 0. The third-order valence-electron chi connectivity index (χ3n) is 2.60. The smallest absolute Gasteiger partial charge is 0.327 e. The van der Waals surface area contributed by atoms with Crippen LogP contribution in [0.3, 0.4) is 0 Å². The van der Waals surface area contributed by atoms with Gasteiger partial charge in [-0.1, -0.05) is 22.3 Å². The van der Waals surface area contributed by atoms with E-state index in [1.54, 1.807) is 0 Å². The molecule has 4 N–H and O–H groups in total. The molecule has 14 nitrogen and oxygen atoms in total. The summed E-state index contributed by atoms with van der Waals surface area (Å²) < 4.78 is 0. The Labute approximate surface area is 123 Å². The van der Waals surface area contributed by atoms with Crippen LogP contribution in [0.15, 0.2) is 15.3 Å². The van der Waals surface area contributed by atoms with Crippen LogP contribution in [0.2, 0.25) is 0 Å². The zero-order valence-corrected chi connectivity index (χ0v) is 11.6. The number of azide groups is 1. The van der Waals surface area contributed by atoms with E-state index in [-0.39, 0.29) is 19.8 Å². The van der Waals surface area contributed by atoms with E-state index in [1.807, 2.05) is 6.92 Å². The van der Waals surface area contributed by atoms with Crippen LogP contribution in [0, 0.1) is 5.41 Å². The van der Waals surface area contributed by atoms with Gasteiger partial charge in [-0.15, -0.1) is 0 Å². The molecule has 0 aliphatic rings. The average molecular weight is 317 g/mol. The molecule has 0 aromatic carbocycles. The van der Waals surface area contributed by atoms with Crippen molar-refractivity contribution >= 4 is 5.97 Å². The fourth-order valence-electron chi connectivity index (χ4n) is 0.861. The fourth-order valence-corrected chi connectivity index (χ4v) is 0.861. The van der Waals surface area contributed by atoms with E-state index in [4.69, 9.17) is 37.0 Å². The number of aliphatic hydroxyl groups excluding tert-OH is 3. The van der Waals surface area contributed by atoms with Crippen molar-refractivity contribution in [2.24, 2.45) is 20.8 Å². The zero-order chi connectivity index (χ0) is 17.6. The van der Waals surface area contributed by atoms with Gasteiger partial charge in [-0.05, 0) is 23.0 Å². The van der Waals surface area contributed by atoms with Crippen molar-refractivity contribution < 1.29 is 25.2 Å². The fraction of sp³-hybridized carbons (Fsp3) is 0.875. The number of carboxylic acid groups (broad SMARTS) is 1. The Morgan fingerprint density at radius 1 is 0.955 bits per heavy atom. The molecular weight excluding hydrogens is 302 g/mol. The number of hydrogen-bond donors (Lipinski definition) is 4. The van der Waals surface area contributed by atoms with Crippen LogP contribution in [0.1, 0.15) is 13.3 Å². The normalized spacial score (nSPS) is 12.2. The molecule has 0 heterocycles. The van der Waals surface area contributed by atoms with Crippen molar-refractivity contribution in [2.75, 3.05) is 19.8 Å². The summed E-state index contributed by atoms with van der Waals surface area (Å²) in [6.07, 6.45) is 0.594. The first-order chi connectivity index (χ1) is 10.4. The summed E-state index contributed by atoms with van der Waals surface area (Å²) in [6.45, 7) is 1.35. The predicted molar refractivity (Wildman–Crippen MR) is 71.8 cm³/mol. The minimum atomic E-state index is -2.81. The highest BCUT2D eigenvalue weighted by molar-refractivity contribution is 5.78. The Hall–Kier alpha value is -2.72. The van der Waals surface area contributed by atoms with Crippen LogP contribution < -0.4 is 0 Å². The quantitative estimate of drug-likeness (QED) is 0.290. The van der Waals surface area contributed by atoms with Gasteiger partial charge < -0.3 is 20.4 Å². The van der Waals surface area contributed by atoms with Gasteiger partial charge in [0.25, 0.3) is 5.79 Å². The van der Waals surface area contributed by atoms with Gasteiger partial charge in [0.05, 0.1) is 19.8 Å². The van der Waals surface area contributed by atoms with Gasteiger partial charge in [0.1, 0.15) is 0 Å². The minimum absolute atomic E-state index is 0.156. The number of aliphatic hydroxyl groups is 3. The minimum Gasteiger partial charge on any atom is -0.481 e. The highest BCUT2D eigenvalue weighted by atomic mass is 16.4. The molecule has 0 unspecified atom stereocenters. The summed E-state index contributed by atoms with van der Waals surface area (Å²) in [5.74, 6) is -4.67. The summed E-state index contributed by atoms with van der Waals surface area (Å²) in [7, 11) is 0. The van der Waals surface area contributed by atoms with E-state index >= 15 is 0 Å². The number of rotatable bonds is 8. The molecular formula is C8H15N9O5. The molecule has 122 valence electrons. The summed E-state index contributed by atoms with van der Waals surface area (Å²) in [4.78, 5) is 16.6. The number of nitrogens with zero attached hydrogens (tertiary/aromatic N) is 9. The molecule has 0 saturated heterocycles. The molecule has 0 aliphatic heterocycles. The monoisotopic (exact) mass is 317 g/mol. The van der Waals surface area contributed by atoms with Crippen LogP contribution in [0.4, 0.5) is 0 Å². The van der Waals surface area contributed by atoms with Crippen molar-refractivity contribution in [1.29, 1.82) is 0 Å². The lowest BCUT2D eigenvalue weighted by Crippen LogP contribution is -2.32. The molecule has 0 saturated carbocycles. The Bertz CT molecular complexity index is 431. The molecule has 14 heteroatoms. The largest absolute Gasteiger partial charge is 0.481 e. The third-order valence-corrected chi connectivity index (χ3v) is 2.60. The topological polar surface area (TPSA) is 244 Å². The van der Waals surface area contributed by atoms with Crippen molar-refractivity contribution in [3.63, 3.8) is 0 Å². The van der Waals surface area contributed by atoms with E-state index in [1.165, 1.54) is 0 Å². The highest BCUT2D eigenvalue weighted by Crippen LogP contribution is 2.18. The summed E-state index contributed by atoms with van der Waals surface area (Å²) in [5, 5.41) is 42.1. The third kappa shape index (κ3) is 6.15. The summed E-state index contributed by atoms with van der Waals surface area (Å²) >= 11 is 0. The average Bonchev–Trinajstić information content (AvgIpc) is 2.51. The first kappa shape index (κ1) is 21.6. The van der Waals surface area contributed by atoms with Gasteiger partial charge in [0.2, 0.25) is 0 Å². The maximum atomic E-state index is 10.4. The predicted octanol–water partition coefficient (Wildman–Crippen LogP) is 1.02. The maximum absolute atomic E-state index is 10.4. The second-order valence-electron chi connectivity index (χ2n) is 3.84. The van der Waals surface area contributed by atoms with E-state index < -0.39 is 17.2 Å². The molecule has 0 radical (unpaired) electrons. The SMILES string of the molecule is CCC(CO)(CO)CO.[N-]=[N+]=NC(N=[N+]=[N-])(N=[N+]=[N-])C(=O)O. The molecule has 0 amide bonds. The van der Waals surface area contributed by atoms with Gasteiger partial charge in [-0.2, -0.15) is 0 Å². The number of carboxylic acids is 1. The molecule has 0 atom stereocenters. The maximum Gasteiger partial charge on any atom is 0.327 e. The molecule has 0 aromatic rings. The first-order valence-electron chi connectivity index (χ1n) is 5.62. The van der Waals surface area contributed by atoms with Gasteiger partial charge in [0, 0.05) is 20.2 Å². The van der Waals surface area contributed by atoms with Crippen LogP contribution in [0.5, 0.6) is 0 Å². The number of aliphatic carboxylic acids is 1. The van der Waals surface area contributed by atoms with Crippen molar-refractivity contribution in [3.8, 4) is 0 Å². The van der Waals surface area contributed by atoms with E-state index in [0.717, 1.165) is 0 Å². The van der Waals surface area contributed by atoms with E-state index in [9.17, 15) is 4.79 Å². The molecule has 0 bridgehead atoms. The Balaban J connectivity index is 0. The highest BCUT2D eigenvalue weighted by Gasteiger charge is 2.36. The van der Waals surface area contributed by atoms with Gasteiger partial charge in [-0.3, -0.25) is 4.79 Å². The lowest BCUT2D eigenvalue weighted by molar-refractivity contribution is -0.142. The Morgan fingerprint density at radius 2 is 1.27 bits per heavy atom. The lowest BCUT2D eigenvalue weighted by atomic mass is 9.88. The number of hydrogen-bond acceptors (Lipinski definition) is 7. The molecule has 0 aliphatic carbocycles.